The van der Waals surface area contributed by atoms with E-state index in [0.29, 0.717) is 5.92 Å². The largest absolute Gasteiger partial charge is 0.376 e. The molecule has 0 aromatic heterocycles. The highest BCUT2D eigenvalue weighted by Gasteiger charge is 2.01. The zero-order chi connectivity index (χ0) is 12.5. The molecule has 1 aromatic carbocycles. The van der Waals surface area contributed by atoms with Gasteiger partial charge >= 0.3 is 0 Å². The molecule has 2 nitrogen and oxygen atoms in total. The van der Waals surface area contributed by atoms with Gasteiger partial charge in [0.1, 0.15) is 0 Å². The van der Waals surface area contributed by atoms with Gasteiger partial charge in [-0.15, -0.1) is 0 Å². The van der Waals surface area contributed by atoms with Crippen molar-refractivity contribution < 1.29 is 4.74 Å². The van der Waals surface area contributed by atoms with Gasteiger partial charge in [-0.05, 0) is 30.5 Å². The third-order valence-electron chi connectivity index (χ3n) is 2.86. The highest BCUT2D eigenvalue weighted by molar-refractivity contribution is 5.21. The minimum Gasteiger partial charge on any atom is -0.376 e. The highest BCUT2D eigenvalue weighted by atomic mass is 16.5. The van der Waals surface area contributed by atoms with E-state index >= 15 is 0 Å². The lowest BCUT2D eigenvalue weighted by Crippen LogP contribution is -2.06. The third-order valence-corrected chi connectivity index (χ3v) is 2.86. The minimum atomic E-state index is 0.670. The predicted molar refractivity (Wildman–Crippen MR) is 72.9 cm³/mol. The van der Waals surface area contributed by atoms with Crippen LogP contribution in [-0.2, 0) is 17.9 Å². The Labute approximate surface area is 105 Å². The standard InChI is InChI=1S/C15H25NO/c1-4-5-13(2)11-17-12-15-8-6-14(7-9-15)10-16-3/h6-9,13,16H,4-5,10-12H2,1-3H3. The van der Waals surface area contributed by atoms with Gasteiger partial charge in [-0.25, -0.2) is 0 Å². The number of hydrogen-bond acceptors (Lipinski definition) is 2. The van der Waals surface area contributed by atoms with Crippen molar-refractivity contribution >= 4 is 0 Å². The summed E-state index contributed by atoms with van der Waals surface area (Å²) < 4.78 is 5.72. The van der Waals surface area contributed by atoms with Crippen LogP contribution in [0.1, 0.15) is 37.8 Å². The Morgan fingerprint density at radius 2 is 1.82 bits per heavy atom. The Bertz CT molecular complexity index is 294. The first-order chi connectivity index (χ1) is 8.26. The number of ether oxygens (including phenoxy) is 1. The van der Waals surface area contributed by atoms with Crippen LogP contribution in [-0.4, -0.2) is 13.7 Å². The van der Waals surface area contributed by atoms with Gasteiger partial charge in [0.05, 0.1) is 6.61 Å². The van der Waals surface area contributed by atoms with Crippen molar-refractivity contribution in [1.29, 1.82) is 0 Å². The van der Waals surface area contributed by atoms with Crippen LogP contribution in [0, 0.1) is 5.92 Å². The number of nitrogens with one attached hydrogen (secondary N) is 1. The summed E-state index contributed by atoms with van der Waals surface area (Å²) in [5.41, 5.74) is 2.57. The van der Waals surface area contributed by atoms with Crippen molar-refractivity contribution in [3.05, 3.63) is 35.4 Å². The summed E-state index contributed by atoms with van der Waals surface area (Å²) in [7, 11) is 1.96. The quantitative estimate of drug-likeness (QED) is 0.746. The van der Waals surface area contributed by atoms with Crippen LogP contribution >= 0.6 is 0 Å². The summed E-state index contributed by atoms with van der Waals surface area (Å²) in [4.78, 5) is 0. The van der Waals surface area contributed by atoms with Gasteiger partial charge in [0.15, 0.2) is 0 Å². The summed E-state index contributed by atoms with van der Waals surface area (Å²) in [6.45, 7) is 6.99. The molecule has 96 valence electrons. The van der Waals surface area contributed by atoms with E-state index in [1.807, 2.05) is 7.05 Å². The van der Waals surface area contributed by atoms with Crippen LogP contribution < -0.4 is 5.32 Å². The third kappa shape index (κ3) is 5.85. The molecule has 0 heterocycles. The average molecular weight is 235 g/mol. The second-order valence-electron chi connectivity index (χ2n) is 4.76. The van der Waals surface area contributed by atoms with Crippen molar-refractivity contribution in [1.82, 2.24) is 5.32 Å². The van der Waals surface area contributed by atoms with E-state index in [9.17, 15) is 0 Å². The molecule has 1 N–H and O–H groups in total. The molecule has 17 heavy (non-hydrogen) atoms. The Kier molecular flexibility index (Phi) is 6.90. The van der Waals surface area contributed by atoms with Gasteiger partial charge in [0.25, 0.3) is 0 Å². The fourth-order valence-electron chi connectivity index (χ4n) is 1.91. The maximum Gasteiger partial charge on any atom is 0.0717 e. The highest BCUT2D eigenvalue weighted by Crippen LogP contribution is 2.09. The van der Waals surface area contributed by atoms with Crippen molar-refractivity contribution in [2.24, 2.45) is 5.92 Å². The maximum absolute atomic E-state index is 5.72. The van der Waals surface area contributed by atoms with Gasteiger partial charge in [-0.3, -0.25) is 0 Å². The SMILES string of the molecule is CCCC(C)COCc1ccc(CNC)cc1. The molecule has 0 fully saturated rings. The summed E-state index contributed by atoms with van der Waals surface area (Å²) in [6.07, 6.45) is 2.49. The van der Waals surface area contributed by atoms with Crippen molar-refractivity contribution in [2.75, 3.05) is 13.7 Å². The van der Waals surface area contributed by atoms with E-state index in [1.165, 1.54) is 24.0 Å². The Morgan fingerprint density at radius 3 is 2.41 bits per heavy atom. The summed E-state index contributed by atoms with van der Waals surface area (Å²) in [6, 6.07) is 8.61. The molecule has 1 unspecified atom stereocenters. The summed E-state index contributed by atoms with van der Waals surface area (Å²) >= 11 is 0. The predicted octanol–water partition coefficient (Wildman–Crippen LogP) is 3.36. The molecule has 0 aliphatic rings. The normalized spacial score (nSPS) is 12.6. The molecule has 2 heteroatoms. The number of rotatable bonds is 8. The van der Waals surface area contributed by atoms with Gasteiger partial charge in [0.2, 0.25) is 0 Å². The molecule has 0 saturated carbocycles. The van der Waals surface area contributed by atoms with Crippen molar-refractivity contribution in [2.45, 2.75) is 39.8 Å². The molecular weight excluding hydrogens is 210 g/mol. The first-order valence-corrected chi connectivity index (χ1v) is 6.56. The molecular formula is C15H25NO. The first kappa shape index (κ1) is 14.2. The van der Waals surface area contributed by atoms with E-state index in [1.54, 1.807) is 0 Å². The van der Waals surface area contributed by atoms with Gasteiger partial charge < -0.3 is 10.1 Å². The average Bonchev–Trinajstić information content (AvgIpc) is 2.32. The summed E-state index contributed by atoms with van der Waals surface area (Å²) in [5.74, 6) is 0.670. The molecule has 0 bridgehead atoms. The second-order valence-corrected chi connectivity index (χ2v) is 4.76. The summed E-state index contributed by atoms with van der Waals surface area (Å²) in [5, 5.41) is 3.14. The molecule has 0 spiro atoms. The zero-order valence-corrected chi connectivity index (χ0v) is 11.3. The maximum atomic E-state index is 5.72. The fourth-order valence-corrected chi connectivity index (χ4v) is 1.91. The van der Waals surface area contributed by atoms with Gasteiger partial charge in [-0.1, -0.05) is 44.5 Å². The Morgan fingerprint density at radius 1 is 1.18 bits per heavy atom. The first-order valence-electron chi connectivity index (χ1n) is 6.56. The molecule has 0 amide bonds. The van der Waals surface area contributed by atoms with E-state index in [-0.39, 0.29) is 0 Å². The van der Waals surface area contributed by atoms with Gasteiger partial charge in [0, 0.05) is 13.2 Å². The minimum absolute atomic E-state index is 0.670. The van der Waals surface area contributed by atoms with Crippen LogP contribution in [0.25, 0.3) is 0 Å². The fraction of sp³-hybridized carbons (Fsp3) is 0.600. The van der Waals surface area contributed by atoms with E-state index in [4.69, 9.17) is 4.74 Å². The number of benzene rings is 1. The van der Waals surface area contributed by atoms with E-state index in [2.05, 4.69) is 43.4 Å². The molecule has 0 saturated heterocycles. The van der Waals surface area contributed by atoms with E-state index in [0.717, 1.165) is 19.8 Å². The topological polar surface area (TPSA) is 21.3 Å². The number of hydrogen-bond donors (Lipinski definition) is 1. The second kappa shape index (κ2) is 8.26. The molecule has 1 atom stereocenters. The molecule has 1 aromatic rings. The van der Waals surface area contributed by atoms with Gasteiger partial charge in [-0.2, -0.15) is 0 Å². The van der Waals surface area contributed by atoms with Crippen molar-refractivity contribution in [3.8, 4) is 0 Å². The van der Waals surface area contributed by atoms with Crippen LogP contribution in [0.5, 0.6) is 0 Å². The van der Waals surface area contributed by atoms with Crippen LogP contribution in [0.3, 0.4) is 0 Å². The molecule has 1 rings (SSSR count). The molecule has 0 aliphatic carbocycles. The van der Waals surface area contributed by atoms with Crippen LogP contribution in [0.4, 0.5) is 0 Å². The van der Waals surface area contributed by atoms with Crippen molar-refractivity contribution in [3.63, 3.8) is 0 Å². The van der Waals surface area contributed by atoms with E-state index < -0.39 is 0 Å². The monoisotopic (exact) mass is 235 g/mol. The van der Waals surface area contributed by atoms with Crippen LogP contribution in [0.15, 0.2) is 24.3 Å². The smallest absolute Gasteiger partial charge is 0.0717 e. The van der Waals surface area contributed by atoms with Crippen LogP contribution in [0.2, 0.25) is 0 Å². The lowest BCUT2D eigenvalue weighted by atomic mass is 10.1. The molecule has 0 aliphatic heterocycles. The Hall–Kier alpha value is -0.860. The molecule has 0 radical (unpaired) electrons. The zero-order valence-electron chi connectivity index (χ0n) is 11.3. The lowest BCUT2D eigenvalue weighted by Gasteiger charge is -2.11. The Balaban J connectivity index is 2.27. The lowest BCUT2D eigenvalue weighted by molar-refractivity contribution is 0.0893.